The van der Waals surface area contributed by atoms with Gasteiger partial charge < -0.3 is 14.0 Å². The summed E-state index contributed by atoms with van der Waals surface area (Å²) in [4.78, 5) is 18.0. The highest BCUT2D eigenvalue weighted by Crippen LogP contribution is 2.24. The third kappa shape index (κ3) is 4.75. The molecular formula is C25H22N2O3S. The van der Waals surface area contributed by atoms with Crippen LogP contribution in [0.3, 0.4) is 0 Å². The predicted octanol–water partition coefficient (Wildman–Crippen LogP) is 5.82. The first kappa shape index (κ1) is 20.6. The number of hydrogen-bond acceptors (Lipinski definition) is 4. The molecule has 4 rings (SSSR count). The minimum absolute atomic E-state index is 0.326. The lowest BCUT2D eigenvalue weighted by Crippen LogP contribution is -2.16. The summed E-state index contributed by atoms with van der Waals surface area (Å²) in [5.41, 5.74) is 1.45. The molecule has 0 radical (unpaired) electrons. The molecule has 0 fully saturated rings. The maximum absolute atomic E-state index is 12.9. The van der Waals surface area contributed by atoms with Crippen LogP contribution in [0.25, 0.3) is 10.2 Å². The topological polar surface area (TPSA) is 52.8 Å². The van der Waals surface area contributed by atoms with E-state index in [4.69, 9.17) is 9.47 Å². The van der Waals surface area contributed by atoms with Crippen molar-refractivity contribution in [1.82, 2.24) is 4.57 Å². The number of carbonyl (C=O) groups is 1. The van der Waals surface area contributed by atoms with Crippen LogP contribution in [0, 0.1) is 0 Å². The molecule has 0 aliphatic carbocycles. The van der Waals surface area contributed by atoms with Gasteiger partial charge in [0.2, 0.25) is 0 Å². The third-order valence-corrected chi connectivity index (χ3v) is 5.58. The largest absolute Gasteiger partial charge is 0.494 e. The van der Waals surface area contributed by atoms with Gasteiger partial charge in [0, 0.05) is 12.1 Å². The van der Waals surface area contributed by atoms with E-state index < -0.39 is 0 Å². The van der Waals surface area contributed by atoms with Crippen molar-refractivity contribution < 1.29 is 14.3 Å². The molecule has 0 atom stereocenters. The fraction of sp³-hybridized carbons (Fsp3) is 0.120. The lowest BCUT2D eigenvalue weighted by Gasteiger charge is -2.06. The number of carbonyl (C=O) groups excluding carboxylic acids is 1. The van der Waals surface area contributed by atoms with Gasteiger partial charge >= 0.3 is 0 Å². The fourth-order valence-electron chi connectivity index (χ4n) is 3.17. The van der Waals surface area contributed by atoms with Crippen molar-refractivity contribution in [2.75, 3.05) is 6.61 Å². The Bertz CT molecular complexity index is 1290. The average molecular weight is 431 g/mol. The molecule has 6 heteroatoms. The zero-order valence-corrected chi connectivity index (χ0v) is 18.0. The molecule has 1 amide bonds. The summed E-state index contributed by atoms with van der Waals surface area (Å²) in [6.45, 7) is 6.94. The van der Waals surface area contributed by atoms with Gasteiger partial charge in [-0.05, 0) is 55.5 Å². The standard InChI is InChI=1S/C25H22N2O3S/c1-3-15-27-22-14-13-20(29-4-2)17-23(22)31-25(27)26-24(28)18-9-8-12-21(16-18)30-19-10-6-5-7-11-19/h3,5-14,16-17H,1,4,15H2,2H3. The van der Waals surface area contributed by atoms with Crippen LogP contribution in [0.2, 0.25) is 0 Å². The number of para-hydroxylation sites is 1. The van der Waals surface area contributed by atoms with Gasteiger partial charge in [-0.1, -0.05) is 41.7 Å². The van der Waals surface area contributed by atoms with Crippen LogP contribution in [-0.2, 0) is 6.54 Å². The summed E-state index contributed by atoms with van der Waals surface area (Å²) in [7, 11) is 0. The monoisotopic (exact) mass is 430 g/mol. The van der Waals surface area contributed by atoms with E-state index in [2.05, 4.69) is 11.6 Å². The number of fused-ring (bicyclic) bond motifs is 1. The smallest absolute Gasteiger partial charge is 0.279 e. The molecule has 5 nitrogen and oxygen atoms in total. The van der Waals surface area contributed by atoms with Gasteiger partial charge in [0.05, 0.1) is 16.8 Å². The number of rotatable bonds is 7. The van der Waals surface area contributed by atoms with Crippen molar-refractivity contribution in [3.8, 4) is 17.2 Å². The molecule has 0 saturated carbocycles. The van der Waals surface area contributed by atoms with E-state index in [0.29, 0.717) is 35.0 Å². The van der Waals surface area contributed by atoms with E-state index in [-0.39, 0.29) is 5.91 Å². The SMILES string of the molecule is C=CCn1c(=NC(=O)c2cccc(Oc3ccccc3)c2)sc2cc(OCC)ccc21. The summed E-state index contributed by atoms with van der Waals surface area (Å²) in [6, 6.07) is 22.4. The minimum atomic E-state index is -0.326. The van der Waals surface area contributed by atoms with Crippen LogP contribution in [0.15, 0.2) is 90.4 Å². The number of nitrogens with zero attached hydrogens (tertiary/aromatic N) is 2. The summed E-state index contributed by atoms with van der Waals surface area (Å²) in [5, 5.41) is 0. The molecule has 31 heavy (non-hydrogen) atoms. The van der Waals surface area contributed by atoms with Gasteiger partial charge in [0.15, 0.2) is 4.80 Å². The zero-order chi connectivity index (χ0) is 21.6. The first-order chi connectivity index (χ1) is 15.2. The molecule has 156 valence electrons. The van der Waals surface area contributed by atoms with Gasteiger partial charge in [-0.2, -0.15) is 4.99 Å². The number of aromatic nitrogens is 1. The molecular weight excluding hydrogens is 408 g/mol. The van der Waals surface area contributed by atoms with Gasteiger partial charge in [-0.3, -0.25) is 4.79 Å². The number of ether oxygens (including phenoxy) is 2. The Hall–Kier alpha value is -3.64. The molecule has 1 heterocycles. The molecule has 1 aromatic heterocycles. The Labute approximate surface area is 184 Å². The first-order valence-corrected chi connectivity index (χ1v) is 10.8. The zero-order valence-electron chi connectivity index (χ0n) is 17.2. The number of hydrogen-bond donors (Lipinski definition) is 0. The van der Waals surface area contributed by atoms with Gasteiger partial charge in [-0.25, -0.2) is 0 Å². The Kier molecular flexibility index (Phi) is 6.29. The van der Waals surface area contributed by atoms with E-state index in [9.17, 15) is 4.79 Å². The second kappa shape index (κ2) is 9.45. The van der Waals surface area contributed by atoms with Crippen molar-refractivity contribution in [3.05, 3.63) is 95.8 Å². The Morgan fingerprint density at radius 2 is 1.84 bits per heavy atom. The van der Waals surface area contributed by atoms with E-state index >= 15 is 0 Å². The van der Waals surface area contributed by atoms with Crippen molar-refractivity contribution in [2.24, 2.45) is 4.99 Å². The van der Waals surface area contributed by atoms with Crippen LogP contribution in [0.5, 0.6) is 17.2 Å². The molecule has 0 bridgehead atoms. The fourth-order valence-corrected chi connectivity index (χ4v) is 4.24. The van der Waals surface area contributed by atoms with Gasteiger partial charge in [0.25, 0.3) is 5.91 Å². The number of benzene rings is 3. The Morgan fingerprint density at radius 3 is 2.61 bits per heavy atom. The van der Waals surface area contributed by atoms with Crippen LogP contribution in [0.1, 0.15) is 17.3 Å². The Balaban J connectivity index is 1.69. The van der Waals surface area contributed by atoms with Crippen LogP contribution < -0.4 is 14.3 Å². The molecule has 0 aliphatic rings. The highest BCUT2D eigenvalue weighted by molar-refractivity contribution is 7.16. The molecule has 4 aromatic rings. The molecule has 0 aliphatic heterocycles. The predicted molar refractivity (Wildman–Crippen MR) is 124 cm³/mol. The van der Waals surface area contributed by atoms with Gasteiger partial charge in [-0.15, -0.1) is 6.58 Å². The maximum atomic E-state index is 12.9. The van der Waals surface area contributed by atoms with Crippen molar-refractivity contribution >= 4 is 27.5 Å². The molecule has 3 aromatic carbocycles. The maximum Gasteiger partial charge on any atom is 0.279 e. The molecule has 0 saturated heterocycles. The van der Waals surface area contributed by atoms with E-state index in [1.54, 1.807) is 24.3 Å². The van der Waals surface area contributed by atoms with Gasteiger partial charge in [0.1, 0.15) is 17.2 Å². The summed E-state index contributed by atoms with van der Waals surface area (Å²) < 4.78 is 14.4. The lowest BCUT2D eigenvalue weighted by molar-refractivity contribution is 0.0997. The third-order valence-electron chi connectivity index (χ3n) is 4.53. The lowest BCUT2D eigenvalue weighted by atomic mass is 10.2. The molecule has 0 unspecified atom stereocenters. The molecule has 0 N–H and O–H groups in total. The number of amides is 1. The number of thiazole rings is 1. The summed E-state index contributed by atoms with van der Waals surface area (Å²) >= 11 is 1.45. The van der Waals surface area contributed by atoms with Crippen LogP contribution in [0.4, 0.5) is 0 Å². The van der Waals surface area contributed by atoms with Crippen molar-refractivity contribution in [2.45, 2.75) is 13.5 Å². The van der Waals surface area contributed by atoms with Crippen LogP contribution >= 0.6 is 11.3 Å². The second-order valence-corrected chi connectivity index (χ2v) is 7.72. The Morgan fingerprint density at radius 1 is 1.03 bits per heavy atom. The van der Waals surface area contributed by atoms with E-state index in [1.807, 2.05) is 66.1 Å². The number of allylic oxidation sites excluding steroid dienone is 1. The highest BCUT2D eigenvalue weighted by atomic mass is 32.1. The summed E-state index contributed by atoms with van der Waals surface area (Å²) in [6.07, 6.45) is 1.79. The normalized spacial score (nSPS) is 11.5. The van der Waals surface area contributed by atoms with Crippen molar-refractivity contribution in [3.63, 3.8) is 0 Å². The second-order valence-electron chi connectivity index (χ2n) is 6.71. The van der Waals surface area contributed by atoms with Crippen LogP contribution in [-0.4, -0.2) is 17.1 Å². The molecule has 0 spiro atoms. The summed E-state index contributed by atoms with van der Waals surface area (Å²) in [5.74, 6) is 1.77. The van der Waals surface area contributed by atoms with E-state index in [0.717, 1.165) is 16.0 Å². The average Bonchev–Trinajstić information content (AvgIpc) is 3.11. The van der Waals surface area contributed by atoms with Crippen molar-refractivity contribution in [1.29, 1.82) is 0 Å². The quantitative estimate of drug-likeness (QED) is 0.347. The first-order valence-electron chi connectivity index (χ1n) is 9.97. The highest BCUT2D eigenvalue weighted by Gasteiger charge is 2.11. The minimum Gasteiger partial charge on any atom is -0.494 e. The van der Waals surface area contributed by atoms with E-state index in [1.165, 1.54) is 11.3 Å².